The van der Waals surface area contributed by atoms with Gasteiger partial charge in [0.25, 0.3) is 0 Å². The van der Waals surface area contributed by atoms with Crippen LogP contribution in [-0.4, -0.2) is 17.6 Å². The third-order valence-electron chi connectivity index (χ3n) is 2.23. The molecule has 1 aliphatic rings. The lowest BCUT2D eigenvalue weighted by molar-refractivity contribution is -0.126. The van der Waals surface area contributed by atoms with Gasteiger partial charge >= 0.3 is 0 Å². The van der Waals surface area contributed by atoms with Crippen LogP contribution >= 0.6 is 0 Å². The molecule has 0 amide bonds. The number of carbonyl (C=O) groups excluding carboxylic acids is 1. The molecular formula is C11H11NO2. The molecule has 0 N–H and O–H groups in total. The van der Waals surface area contributed by atoms with Gasteiger partial charge in [-0.1, -0.05) is 35.5 Å². The average Bonchev–Trinajstić information content (AvgIpc) is 2.68. The summed E-state index contributed by atoms with van der Waals surface area (Å²) in [4.78, 5) is 16.0. The normalized spacial score (nSPS) is 20.1. The Balaban J connectivity index is 2.13. The minimum Gasteiger partial charge on any atom is -0.384 e. The van der Waals surface area contributed by atoms with Crippen LogP contribution in [0.1, 0.15) is 18.9 Å². The van der Waals surface area contributed by atoms with Gasteiger partial charge in [0.2, 0.25) is 0 Å². The summed E-state index contributed by atoms with van der Waals surface area (Å²) in [5, 5.41) is 3.90. The van der Waals surface area contributed by atoms with Crippen molar-refractivity contribution >= 4 is 11.5 Å². The number of oxime groups is 1. The van der Waals surface area contributed by atoms with E-state index in [9.17, 15) is 4.79 Å². The summed E-state index contributed by atoms with van der Waals surface area (Å²) in [6.07, 6.45) is 0.199. The minimum atomic E-state index is -0.384. The summed E-state index contributed by atoms with van der Waals surface area (Å²) in [5.41, 5.74) is 1.88. The van der Waals surface area contributed by atoms with Crippen molar-refractivity contribution in [2.24, 2.45) is 5.16 Å². The van der Waals surface area contributed by atoms with Gasteiger partial charge in [-0.3, -0.25) is 4.79 Å². The van der Waals surface area contributed by atoms with Gasteiger partial charge in [-0.15, -0.1) is 0 Å². The number of nitrogens with zero attached hydrogens (tertiary/aromatic N) is 1. The van der Waals surface area contributed by atoms with Crippen LogP contribution in [0.15, 0.2) is 35.5 Å². The molecule has 1 heterocycles. The molecule has 0 aromatic heterocycles. The van der Waals surface area contributed by atoms with E-state index in [0.717, 1.165) is 11.3 Å². The van der Waals surface area contributed by atoms with Crippen LogP contribution in [0.4, 0.5) is 0 Å². The summed E-state index contributed by atoms with van der Waals surface area (Å²) in [6, 6.07) is 9.76. The highest BCUT2D eigenvalue weighted by molar-refractivity contribution is 6.03. The zero-order valence-corrected chi connectivity index (χ0v) is 7.93. The van der Waals surface area contributed by atoms with Crippen molar-refractivity contribution in [2.45, 2.75) is 19.4 Å². The molecule has 0 unspecified atom stereocenters. The van der Waals surface area contributed by atoms with Crippen molar-refractivity contribution in [1.29, 1.82) is 0 Å². The van der Waals surface area contributed by atoms with E-state index in [-0.39, 0.29) is 11.9 Å². The Morgan fingerprint density at radius 3 is 2.71 bits per heavy atom. The first-order chi connectivity index (χ1) is 6.77. The average molecular weight is 189 g/mol. The summed E-state index contributed by atoms with van der Waals surface area (Å²) in [6.45, 7) is 1.52. The molecule has 0 radical (unpaired) electrons. The van der Waals surface area contributed by atoms with Crippen LogP contribution in [-0.2, 0) is 9.63 Å². The highest BCUT2D eigenvalue weighted by Gasteiger charge is 2.25. The summed E-state index contributed by atoms with van der Waals surface area (Å²) < 4.78 is 0. The van der Waals surface area contributed by atoms with E-state index in [0.29, 0.717) is 6.42 Å². The van der Waals surface area contributed by atoms with Crippen LogP contribution in [0.25, 0.3) is 0 Å². The van der Waals surface area contributed by atoms with Crippen molar-refractivity contribution in [3.05, 3.63) is 35.9 Å². The Bertz CT molecular complexity index is 370. The molecular weight excluding hydrogens is 178 g/mol. The quantitative estimate of drug-likeness (QED) is 0.711. The van der Waals surface area contributed by atoms with E-state index in [2.05, 4.69) is 5.16 Å². The predicted molar refractivity (Wildman–Crippen MR) is 53.2 cm³/mol. The third-order valence-corrected chi connectivity index (χ3v) is 2.23. The second-order valence-electron chi connectivity index (χ2n) is 3.31. The molecule has 0 bridgehead atoms. The van der Waals surface area contributed by atoms with Crippen molar-refractivity contribution in [3.63, 3.8) is 0 Å². The van der Waals surface area contributed by atoms with Crippen LogP contribution < -0.4 is 0 Å². The Hall–Kier alpha value is -1.64. The zero-order chi connectivity index (χ0) is 9.97. The van der Waals surface area contributed by atoms with Crippen LogP contribution in [0, 0.1) is 0 Å². The molecule has 14 heavy (non-hydrogen) atoms. The molecule has 1 aromatic carbocycles. The highest BCUT2D eigenvalue weighted by atomic mass is 16.6. The highest BCUT2D eigenvalue weighted by Crippen LogP contribution is 2.16. The fraction of sp³-hybridized carbons (Fsp3) is 0.273. The van der Waals surface area contributed by atoms with E-state index in [4.69, 9.17) is 4.84 Å². The monoisotopic (exact) mass is 189 g/mol. The first-order valence-electron chi connectivity index (χ1n) is 4.56. The zero-order valence-electron chi connectivity index (χ0n) is 7.93. The van der Waals surface area contributed by atoms with Crippen molar-refractivity contribution in [1.82, 2.24) is 0 Å². The van der Waals surface area contributed by atoms with Gasteiger partial charge in [-0.2, -0.15) is 0 Å². The molecule has 3 heteroatoms. The van der Waals surface area contributed by atoms with Crippen molar-refractivity contribution < 1.29 is 9.63 Å². The maximum absolute atomic E-state index is 11.0. The molecule has 1 aliphatic heterocycles. The van der Waals surface area contributed by atoms with E-state index in [1.165, 1.54) is 6.92 Å². The molecule has 0 fully saturated rings. The van der Waals surface area contributed by atoms with Gasteiger partial charge in [-0.05, 0) is 12.5 Å². The number of hydrogen-bond acceptors (Lipinski definition) is 3. The molecule has 0 aliphatic carbocycles. The molecule has 1 aromatic rings. The van der Waals surface area contributed by atoms with E-state index in [1.807, 2.05) is 30.3 Å². The maximum Gasteiger partial charge on any atom is 0.190 e. The minimum absolute atomic E-state index is 0.0275. The molecule has 72 valence electrons. The lowest BCUT2D eigenvalue weighted by Gasteiger charge is -2.01. The second kappa shape index (κ2) is 3.62. The lowest BCUT2D eigenvalue weighted by Crippen LogP contribution is -2.17. The smallest absolute Gasteiger partial charge is 0.190 e. The molecule has 0 saturated carbocycles. The molecule has 3 nitrogen and oxygen atoms in total. The van der Waals surface area contributed by atoms with E-state index >= 15 is 0 Å². The van der Waals surface area contributed by atoms with Gasteiger partial charge in [0.05, 0.1) is 5.71 Å². The standard InChI is InChI=1S/C11H11NO2/c1-8(13)11-7-10(12-14-11)9-5-3-2-4-6-9/h2-6,11H,7H2,1H3/t11-/m0/s1. The van der Waals surface area contributed by atoms with E-state index in [1.54, 1.807) is 0 Å². The van der Waals surface area contributed by atoms with Gasteiger partial charge < -0.3 is 4.84 Å². The lowest BCUT2D eigenvalue weighted by atomic mass is 10.0. The Kier molecular flexibility index (Phi) is 2.31. The number of Topliss-reactive ketones (excluding diaryl/α,β-unsaturated/α-hetero) is 1. The third kappa shape index (κ3) is 1.66. The number of carbonyl (C=O) groups is 1. The predicted octanol–water partition coefficient (Wildman–Crippen LogP) is 1.77. The number of benzene rings is 1. The summed E-state index contributed by atoms with van der Waals surface area (Å²) in [7, 11) is 0. The van der Waals surface area contributed by atoms with Crippen LogP contribution in [0.2, 0.25) is 0 Å². The fourth-order valence-electron chi connectivity index (χ4n) is 1.40. The molecule has 0 spiro atoms. The largest absolute Gasteiger partial charge is 0.384 e. The summed E-state index contributed by atoms with van der Waals surface area (Å²) >= 11 is 0. The molecule has 2 rings (SSSR count). The van der Waals surface area contributed by atoms with Gasteiger partial charge in [0, 0.05) is 6.42 Å². The number of ketones is 1. The Morgan fingerprint density at radius 1 is 1.43 bits per heavy atom. The molecule has 1 atom stereocenters. The van der Waals surface area contributed by atoms with Gasteiger partial charge in [0.15, 0.2) is 11.9 Å². The van der Waals surface area contributed by atoms with Gasteiger partial charge in [-0.25, -0.2) is 0 Å². The maximum atomic E-state index is 11.0. The fourth-order valence-corrected chi connectivity index (χ4v) is 1.40. The molecule has 0 saturated heterocycles. The topological polar surface area (TPSA) is 38.7 Å². The van der Waals surface area contributed by atoms with Crippen LogP contribution in [0.5, 0.6) is 0 Å². The summed E-state index contributed by atoms with van der Waals surface area (Å²) in [5.74, 6) is 0.0275. The van der Waals surface area contributed by atoms with Gasteiger partial charge in [0.1, 0.15) is 0 Å². The Labute approximate surface area is 82.4 Å². The Morgan fingerprint density at radius 2 is 2.14 bits per heavy atom. The first-order valence-corrected chi connectivity index (χ1v) is 4.56. The van der Waals surface area contributed by atoms with Crippen LogP contribution in [0.3, 0.4) is 0 Å². The van der Waals surface area contributed by atoms with E-state index < -0.39 is 0 Å². The first kappa shape index (κ1) is 8.94. The van der Waals surface area contributed by atoms with Crippen molar-refractivity contribution in [3.8, 4) is 0 Å². The SMILES string of the molecule is CC(=O)[C@@H]1CC(c2ccccc2)=NO1. The number of hydrogen-bond donors (Lipinski definition) is 0. The number of rotatable bonds is 2. The second-order valence-corrected chi connectivity index (χ2v) is 3.31. The van der Waals surface area contributed by atoms with Crippen molar-refractivity contribution in [2.75, 3.05) is 0 Å².